The van der Waals surface area contributed by atoms with Crippen LogP contribution in [0.3, 0.4) is 0 Å². The van der Waals surface area contributed by atoms with Crippen molar-refractivity contribution < 1.29 is 9.53 Å². The number of rotatable bonds is 5. The maximum absolute atomic E-state index is 12.1. The summed E-state index contributed by atoms with van der Waals surface area (Å²) in [6, 6.07) is 7.78. The highest BCUT2D eigenvalue weighted by molar-refractivity contribution is 5.92. The van der Waals surface area contributed by atoms with Crippen molar-refractivity contribution in [3.05, 3.63) is 64.8 Å². The maximum Gasteiger partial charge on any atom is 0.338 e. The van der Waals surface area contributed by atoms with Crippen LogP contribution in [0.25, 0.3) is 6.08 Å². The van der Waals surface area contributed by atoms with Gasteiger partial charge in [-0.1, -0.05) is 48.1 Å². The van der Waals surface area contributed by atoms with Crippen molar-refractivity contribution in [1.82, 2.24) is 0 Å². The number of benzene rings is 1. The van der Waals surface area contributed by atoms with Crippen LogP contribution in [0.1, 0.15) is 38.8 Å². The van der Waals surface area contributed by atoms with Gasteiger partial charge >= 0.3 is 5.97 Å². The molecule has 2 nitrogen and oxygen atoms in total. The van der Waals surface area contributed by atoms with Gasteiger partial charge in [0.2, 0.25) is 0 Å². The predicted molar refractivity (Wildman–Crippen MR) is 84.1 cm³/mol. The van der Waals surface area contributed by atoms with Crippen molar-refractivity contribution in [2.45, 2.75) is 34.3 Å². The molecule has 0 saturated heterocycles. The van der Waals surface area contributed by atoms with Crippen LogP contribution in [-0.4, -0.2) is 5.97 Å². The molecule has 0 saturated carbocycles. The molecular formula is C18H22O2. The first-order valence-corrected chi connectivity index (χ1v) is 6.65. The fourth-order valence-electron chi connectivity index (χ4n) is 1.67. The molecule has 0 bridgehead atoms. The Balaban J connectivity index is 2.72. The standard InChI is InChI=1S/C18H22O2/c1-6-15-7-9-16(10-8-15)12-20-18(19)17(14(4)5)11-13(2)3/h6-11H,1,12H2,2-5H3. The molecule has 0 aliphatic heterocycles. The molecule has 1 aromatic rings. The van der Waals surface area contributed by atoms with E-state index in [0.29, 0.717) is 5.57 Å². The van der Waals surface area contributed by atoms with Crippen LogP contribution in [0.15, 0.2) is 53.6 Å². The molecule has 0 aliphatic rings. The molecule has 0 aliphatic carbocycles. The van der Waals surface area contributed by atoms with E-state index in [9.17, 15) is 4.79 Å². The van der Waals surface area contributed by atoms with Crippen LogP contribution >= 0.6 is 0 Å². The summed E-state index contributed by atoms with van der Waals surface area (Å²) in [7, 11) is 0. The molecule has 0 aromatic heterocycles. The van der Waals surface area contributed by atoms with Crippen LogP contribution in [0.2, 0.25) is 0 Å². The van der Waals surface area contributed by atoms with Gasteiger partial charge in [-0.25, -0.2) is 4.79 Å². The second-order valence-corrected chi connectivity index (χ2v) is 5.16. The third-order valence-electron chi connectivity index (χ3n) is 2.78. The maximum atomic E-state index is 12.1. The zero-order valence-electron chi connectivity index (χ0n) is 12.7. The quantitative estimate of drug-likeness (QED) is 0.441. The number of hydrogen-bond donors (Lipinski definition) is 0. The highest BCUT2D eigenvalue weighted by atomic mass is 16.5. The van der Waals surface area contributed by atoms with Gasteiger partial charge in [0.15, 0.2) is 0 Å². The first kappa shape index (κ1) is 16.0. The van der Waals surface area contributed by atoms with Gasteiger partial charge in [0.25, 0.3) is 0 Å². The number of allylic oxidation sites excluding steroid dienone is 2. The van der Waals surface area contributed by atoms with E-state index in [-0.39, 0.29) is 12.6 Å². The van der Waals surface area contributed by atoms with Crippen LogP contribution in [-0.2, 0) is 16.1 Å². The van der Waals surface area contributed by atoms with Crippen molar-refractivity contribution in [1.29, 1.82) is 0 Å². The van der Waals surface area contributed by atoms with Crippen LogP contribution in [0.5, 0.6) is 0 Å². The van der Waals surface area contributed by atoms with Crippen LogP contribution in [0.4, 0.5) is 0 Å². The zero-order chi connectivity index (χ0) is 15.1. The van der Waals surface area contributed by atoms with Crippen LogP contribution < -0.4 is 0 Å². The Bertz CT molecular complexity index is 537. The minimum atomic E-state index is -0.279. The molecule has 2 heteroatoms. The van der Waals surface area contributed by atoms with E-state index in [0.717, 1.165) is 22.3 Å². The average molecular weight is 270 g/mol. The van der Waals surface area contributed by atoms with Gasteiger partial charge in [0.05, 0.1) is 5.57 Å². The van der Waals surface area contributed by atoms with E-state index in [1.807, 2.05) is 58.0 Å². The second kappa shape index (κ2) is 7.49. The Hall–Kier alpha value is -2.09. The summed E-state index contributed by atoms with van der Waals surface area (Å²) in [4.78, 5) is 12.1. The largest absolute Gasteiger partial charge is 0.457 e. The number of carbonyl (C=O) groups excluding carboxylic acids is 1. The molecular weight excluding hydrogens is 248 g/mol. The number of hydrogen-bond acceptors (Lipinski definition) is 2. The van der Waals surface area contributed by atoms with E-state index < -0.39 is 0 Å². The topological polar surface area (TPSA) is 26.3 Å². The van der Waals surface area contributed by atoms with E-state index in [1.54, 1.807) is 6.08 Å². The molecule has 0 radical (unpaired) electrons. The Morgan fingerprint density at radius 1 is 1.15 bits per heavy atom. The van der Waals surface area contributed by atoms with Crippen molar-refractivity contribution in [2.75, 3.05) is 0 Å². The summed E-state index contributed by atoms with van der Waals surface area (Å²) < 4.78 is 5.36. The first-order chi connectivity index (χ1) is 9.43. The van der Waals surface area contributed by atoms with Gasteiger partial charge in [-0.05, 0) is 44.9 Å². The van der Waals surface area contributed by atoms with Crippen LogP contribution in [0, 0.1) is 0 Å². The van der Waals surface area contributed by atoms with Gasteiger partial charge in [-0.15, -0.1) is 0 Å². The minimum absolute atomic E-state index is 0.279. The zero-order valence-corrected chi connectivity index (χ0v) is 12.7. The summed E-state index contributed by atoms with van der Waals surface area (Å²) in [6.07, 6.45) is 3.64. The molecule has 0 fully saturated rings. The first-order valence-electron chi connectivity index (χ1n) is 6.65. The summed E-state index contributed by atoms with van der Waals surface area (Å²) in [5, 5.41) is 0. The van der Waals surface area contributed by atoms with Gasteiger partial charge in [-0.2, -0.15) is 0 Å². The molecule has 0 unspecified atom stereocenters. The fourth-order valence-corrected chi connectivity index (χ4v) is 1.67. The average Bonchev–Trinajstić information content (AvgIpc) is 2.42. The fraction of sp³-hybridized carbons (Fsp3) is 0.278. The minimum Gasteiger partial charge on any atom is -0.457 e. The molecule has 0 N–H and O–H groups in total. The third kappa shape index (κ3) is 4.88. The SMILES string of the molecule is C=Cc1ccc(COC(=O)C(C=C(C)C)=C(C)C)cc1. The second-order valence-electron chi connectivity index (χ2n) is 5.16. The Kier molecular flexibility index (Phi) is 5.98. The summed E-state index contributed by atoms with van der Waals surface area (Å²) in [6.45, 7) is 11.7. The summed E-state index contributed by atoms with van der Waals surface area (Å²) in [5.41, 5.74) is 4.68. The van der Waals surface area contributed by atoms with E-state index in [1.165, 1.54) is 0 Å². The summed E-state index contributed by atoms with van der Waals surface area (Å²) in [5.74, 6) is -0.279. The van der Waals surface area contributed by atoms with E-state index in [2.05, 4.69) is 6.58 Å². The predicted octanol–water partition coefficient (Wildman–Crippen LogP) is 4.68. The lowest BCUT2D eigenvalue weighted by Crippen LogP contribution is -2.08. The summed E-state index contributed by atoms with van der Waals surface area (Å²) >= 11 is 0. The van der Waals surface area contributed by atoms with Gasteiger partial charge in [0, 0.05) is 0 Å². The molecule has 1 rings (SSSR count). The number of ether oxygens (including phenoxy) is 1. The van der Waals surface area contributed by atoms with Crippen molar-refractivity contribution in [2.24, 2.45) is 0 Å². The molecule has 0 heterocycles. The molecule has 0 amide bonds. The van der Waals surface area contributed by atoms with Crippen molar-refractivity contribution in [3.63, 3.8) is 0 Å². The lowest BCUT2D eigenvalue weighted by Gasteiger charge is -2.08. The van der Waals surface area contributed by atoms with Gasteiger partial charge in [0.1, 0.15) is 6.61 Å². The normalized spacial score (nSPS) is 9.60. The molecule has 20 heavy (non-hydrogen) atoms. The lowest BCUT2D eigenvalue weighted by molar-refractivity contribution is -0.139. The highest BCUT2D eigenvalue weighted by Crippen LogP contribution is 2.13. The molecule has 1 aromatic carbocycles. The van der Waals surface area contributed by atoms with Gasteiger partial charge in [-0.3, -0.25) is 0 Å². The third-order valence-corrected chi connectivity index (χ3v) is 2.78. The highest BCUT2D eigenvalue weighted by Gasteiger charge is 2.10. The van der Waals surface area contributed by atoms with Crippen molar-refractivity contribution >= 4 is 12.0 Å². The molecule has 106 valence electrons. The lowest BCUT2D eigenvalue weighted by atomic mass is 10.1. The van der Waals surface area contributed by atoms with Crippen molar-refractivity contribution in [3.8, 4) is 0 Å². The molecule has 0 spiro atoms. The molecule has 0 atom stereocenters. The Morgan fingerprint density at radius 3 is 2.20 bits per heavy atom. The van der Waals surface area contributed by atoms with E-state index >= 15 is 0 Å². The Labute approximate surface area is 121 Å². The number of carbonyl (C=O) groups is 1. The Morgan fingerprint density at radius 2 is 1.75 bits per heavy atom. The van der Waals surface area contributed by atoms with E-state index in [4.69, 9.17) is 4.74 Å². The monoisotopic (exact) mass is 270 g/mol. The number of esters is 1. The van der Waals surface area contributed by atoms with Gasteiger partial charge < -0.3 is 4.74 Å². The smallest absolute Gasteiger partial charge is 0.338 e.